The van der Waals surface area contributed by atoms with Crippen LogP contribution in [0.3, 0.4) is 0 Å². The van der Waals surface area contributed by atoms with Crippen LogP contribution >= 0.6 is 23.2 Å². The molecule has 1 heterocycles. The molecule has 0 unspecified atom stereocenters. The van der Waals surface area contributed by atoms with Crippen molar-refractivity contribution in [1.29, 1.82) is 0 Å². The van der Waals surface area contributed by atoms with Crippen LogP contribution in [0.25, 0.3) is 0 Å². The summed E-state index contributed by atoms with van der Waals surface area (Å²) in [5.41, 5.74) is 1.09. The Morgan fingerprint density at radius 2 is 1.64 bits per heavy atom. The highest BCUT2D eigenvalue weighted by molar-refractivity contribution is 7.88. The zero-order valence-corrected chi connectivity index (χ0v) is 15.7. The topological polar surface area (TPSA) is 40.6 Å². The van der Waals surface area contributed by atoms with E-state index in [1.807, 2.05) is 4.90 Å². The Hall–Kier alpha value is -1.34. The van der Waals surface area contributed by atoms with Gasteiger partial charge in [0.25, 0.3) is 0 Å². The van der Waals surface area contributed by atoms with Gasteiger partial charge in [-0.25, -0.2) is 12.8 Å². The number of rotatable bonds is 4. The number of hydrogen-bond donors (Lipinski definition) is 0. The highest BCUT2D eigenvalue weighted by atomic mass is 35.5. The molecule has 25 heavy (non-hydrogen) atoms. The van der Waals surface area contributed by atoms with E-state index < -0.39 is 10.0 Å². The molecule has 1 fully saturated rings. The first-order chi connectivity index (χ1) is 11.9. The fourth-order valence-electron chi connectivity index (χ4n) is 2.85. The molecule has 0 spiro atoms. The molecular weight excluding hydrogens is 386 g/mol. The van der Waals surface area contributed by atoms with E-state index >= 15 is 0 Å². The number of benzene rings is 2. The van der Waals surface area contributed by atoms with Crippen LogP contribution in [-0.4, -0.2) is 38.9 Å². The molecule has 0 atom stereocenters. The summed E-state index contributed by atoms with van der Waals surface area (Å²) >= 11 is 11.8. The van der Waals surface area contributed by atoms with E-state index in [2.05, 4.69) is 0 Å². The van der Waals surface area contributed by atoms with E-state index in [1.54, 1.807) is 36.4 Å². The first-order valence-electron chi connectivity index (χ1n) is 7.78. The van der Waals surface area contributed by atoms with Gasteiger partial charge in [-0.3, -0.25) is 0 Å². The van der Waals surface area contributed by atoms with Crippen LogP contribution in [0, 0.1) is 5.82 Å². The second kappa shape index (κ2) is 7.50. The maximum absolute atomic E-state index is 13.9. The second-order valence-electron chi connectivity index (χ2n) is 5.84. The van der Waals surface area contributed by atoms with Gasteiger partial charge in [0.15, 0.2) is 0 Å². The molecule has 1 saturated heterocycles. The molecule has 3 rings (SSSR count). The third kappa shape index (κ3) is 4.26. The number of anilines is 1. The van der Waals surface area contributed by atoms with Crippen LogP contribution in [0.2, 0.25) is 10.0 Å². The maximum atomic E-state index is 13.9. The van der Waals surface area contributed by atoms with Gasteiger partial charge >= 0.3 is 0 Å². The Morgan fingerprint density at radius 3 is 2.28 bits per heavy atom. The van der Waals surface area contributed by atoms with E-state index in [-0.39, 0.29) is 11.6 Å². The number of sulfonamides is 1. The smallest absolute Gasteiger partial charge is 0.218 e. The van der Waals surface area contributed by atoms with Gasteiger partial charge in [-0.15, -0.1) is 0 Å². The summed E-state index contributed by atoms with van der Waals surface area (Å²) in [7, 11) is -3.47. The van der Waals surface area contributed by atoms with Gasteiger partial charge in [0.1, 0.15) is 5.82 Å². The molecule has 1 aliphatic heterocycles. The number of halogens is 3. The van der Waals surface area contributed by atoms with Crippen LogP contribution < -0.4 is 4.90 Å². The van der Waals surface area contributed by atoms with Crippen molar-refractivity contribution >= 4 is 38.9 Å². The van der Waals surface area contributed by atoms with Gasteiger partial charge in [-0.2, -0.15) is 4.31 Å². The number of nitrogens with zero attached hydrogens (tertiary/aromatic N) is 2. The van der Waals surface area contributed by atoms with Crippen molar-refractivity contribution in [2.75, 3.05) is 31.1 Å². The van der Waals surface area contributed by atoms with E-state index in [0.717, 1.165) is 0 Å². The monoisotopic (exact) mass is 402 g/mol. The lowest BCUT2D eigenvalue weighted by Crippen LogP contribution is -2.49. The molecule has 8 heteroatoms. The Kier molecular flexibility index (Phi) is 5.53. The third-order valence-electron chi connectivity index (χ3n) is 4.16. The highest BCUT2D eigenvalue weighted by Crippen LogP contribution is 2.25. The quantitative estimate of drug-likeness (QED) is 0.780. The summed E-state index contributed by atoms with van der Waals surface area (Å²) in [6, 6.07) is 11.3. The number of para-hydroxylation sites is 1. The molecule has 4 nitrogen and oxygen atoms in total. The average Bonchev–Trinajstić information content (AvgIpc) is 2.58. The third-order valence-corrected chi connectivity index (χ3v) is 6.75. The molecule has 0 radical (unpaired) electrons. The zero-order valence-electron chi connectivity index (χ0n) is 13.3. The van der Waals surface area contributed by atoms with Crippen LogP contribution in [0.1, 0.15) is 5.56 Å². The molecule has 0 saturated carbocycles. The minimum atomic E-state index is -3.47. The van der Waals surface area contributed by atoms with Gasteiger partial charge in [0.2, 0.25) is 10.0 Å². The normalized spacial score (nSPS) is 16.2. The number of piperazine rings is 1. The van der Waals surface area contributed by atoms with Crippen molar-refractivity contribution in [1.82, 2.24) is 4.31 Å². The lowest BCUT2D eigenvalue weighted by atomic mass is 10.2. The molecule has 0 aliphatic carbocycles. The van der Waals surface area contributed by atoms with Gasteiger partial charge in [0, 0.05) is 26.2 Å². The van der Waals surface area contributed by atoms with Crippen LogP contribution in [-0.2, 0) is 15.8 Å². The standard InChI is InChI=1S/C17H17Cl2FN2O2S/c18-14-6-5-13(11-15(14)19)12-25(23,24)22-9-7-21(8-10-22)17-4-2-1-3-16(17)20/h1-6,11H,7-10,12H2. The Bertz CT molecular complexity index is 869. The minimum absolute atomic E-state index is 0.135. The highest BCUT2D eigenvalue weighted by Gasteiger charge is 2.28. The minimum Gasteiger partial charge on any atom is -0.367 e. The maximum Gasteiger partial charge on any atom is 0.218 e. The first-order valence-corrected chi connectivity index (χ1v) is 10.1. The Labute approximate surface area is 156 Å². The molecule has 2 aromatic carbocycles. The van der Waals surface area contributed by atoms with Crippen molar-refractivity contribution in [2.45, 2.75) is 5.75 Å². The lowest BCUT2D eigenvalue weighted by Gasteiger charge is -2.35. The SMILES string of the molecule is O=S(=O)(Cc1ccc(Cl)c(Cl)c1)N1CCN(c2ccccc2F)CC1. The van der Waals surface area contributed by atoms with Crippen molar-refractivity contribution in [2.24, 2.45) is 0 Å². The summed E-state index contributed by atoms with van der Waals surface area (Å²) < 4.78 is 40.5. The molecule has 0 amide bonds. The molecule has 1 aliphatic rings. The number of hydrogen-bond acceptors (Lipinski definition) is 3. The molecule has 2 aromatic rings. The van der Waals surface area contributed by atoms with Crippen molar-refractivity contribution < 1.29 is 12.8 Å². The Balaban J connectivity index is 1.67. The summed E-state index contributed by atoms with van der Waals surface area (Å²) in [6.45, 7) is 1.53. The van der Waals surface area contributed by atoms with Gasteiger partial charge in [0.05, 0.1) is 21.5 Å². The van der Waals surface area contributed by atoms with Gasteiger partial charge in [-0.05, 0) is 29.8 Å². The zero-order chi connectivity index (χ0) is 18.0. The summed E-state index contributed by atoms with van der Waals surface area (Å²) in [4.78, 5) is 1.86. The Morgan fingerprint density at radius 1 is 0.960 bits per heavy atom. The summed E-state index contributed by atoms with van der Waals surface area (Å²) in [6.07, 6.45) is 0. The van der Waals surface area contributed by atoms with Gasteiger partial charge < -0.3 is 4.90 Å². The van der Waals surface area contributed by atoms with E-state index in [4.69, 9.17) is 23.2 Å². The largest absolute Gasteiger partial charge is 0.367 e. The summed E-state index contributed by atoms with van der Waals surface area (Å²) in [5, 5.41) is 0.722. The molecule has 0 aromatic heterocycles. The van der Waals surface area contributed by atoms with Crippen LogP contribution in [0.15, 0.2) is 42.5 Å². The van der Waals surface area contributed by atoms with Crippen LogP contribution in [0.4, 0.5) is 10.1 Å². The average molecular weight is 403 g/mol. The summed E-state index contributed by atoms with van der Waals surface area (Å²) in [5.74, 6) is -0.432. The molecule has 0 N–H and O–H groups in total. The molecule has 0 bridgehead atoms. The lowest BCUT2D eigenvalue weighted by molar-refractivity contribution is 0.382. The fraction of sp³-hybridized carbons (Fsp3) is 0.294. The van der Waals surface area contributed by atoms with E-state index in [9.17, 15) is 12.8 Å². The second-order valence-corrected chi connectivity index (χ2v) is 8.63. The van der Waals surface area contributed by atoms with Crippen molar-refractivity contribution in [3.63, 3.8) is 0 Å². The predicted octanol–water partition coefficient (Wildman–Crippen LogP) is 3.78. The van der Waals surface area contributed by atoms with Gasteiger partial charge in [-0.1, -0.05) is 41.4 Å². The fourth-order valence-corrected chi connectivity index (χ4v) is 4.67. The van der Waals surface area contributed by atoms with E-state index in [1.165, 1.54) is 10.4 Å². The molecule has 134 valence electrons. The van der Waals surface area contributed by atoms with Crippen molar-refractivity contribution in [3.8, 4) is 0 Å². The van der Waals surface area contributed by atoms with Crippen LogP contribution in [0.5, 0.6) is 0 Å². The molecular formula is C17H17Cl2FN2O2S. The van der Waals surface area contributed by atoms with E-state index in [0.29, 0.717) is 47.5 Å². The predicted molar refractivity (Wildman–Crippen MR) is 99.3 cm³/mol. The first kappa shape index (κ1) is 18.5. The van der Waals surface area contributed by atoms with Crippen molar-refractivity contribution in [3.05, 3.63) is 63.9 Å².